The Morgan fingerprint density at radius 2 is 1.68 bits per heavy atom. The molecular formula is C26H22N6O2. The first-order valence-corrected chi connectivity index (χ1v) is 11.0. The minimum Gasteiger partial charge on any atom is -0.416 e. The lowest BCUT2D eigenvalue weighted by Crippen LogP contribution is -2.49. The summed E-state index contributed by atoms with van der Waals surface area (Å²) in [5.74, 6) is 1.53. The number of benzene rings is 2. The third-order valence-corrected chi connectivity index (χ3v) is 5.95. The molecular weight excluding hydrogens is 428 g/mol. The SMILES string of the molecule is Cc1ccccc1-c1nnc(-c2ccc(C(=O)N3CCN(c4ncccc4C#N)CC3)cc2)o1. The van der Waals surface area contributed by atoms with E-state index in [0.717, 1.165) is 16.7 Å². The number of carbonyl (C=O) groups excluding carboxylic acids is 1. The summed E-state index contributed by atoms with van der Waals surface area (Å²) >= 11 is 0. The number of aromatic nitrogens is 3. The highest BCUT2D eigenvalue weighted by Crippen LogP contribution is 2.26. The first-order valence-electron chi connectivity index (χ1n) is 11.0. The van der Waals surface area contributed by atoms with Crippen LogP contribution in [-0.4, -0.2) is 52.2 Å². The van der Waals surface area contributed by atoms with Gasteiger partial charge in [-0.3, -0.25) is 4.79 Å². The van der Waals surface area contributed by atoms with Gasteiger partial charge in [0.2, 0.25) is 11.8 Å². The molecule has 0 aliphatic carbocycles. The van der Waals surface area contributed by atoms with E-state index in [9.17, 15) is 10.1 Å². The zero-order valence-electron chi connectivity index (χ0n) is 18.7. The molecule has 3 heterocycles. The number of nitriles is 1. The number of nitrogens with zero attached hydrogens (tertiary/aromatic N) is 6. The molecule has 1 aliphatic rings. The topological polar surface area (TPSA) is 99.2 Å². The molecule has 8 heteroatoms. The Morgan fingerprint density at radius 1 is 0.941 bits per heavy atom. The Labute approximate surface area is 197 Å². The zero-order valence-corrected chi connectivity index (χ0v) is 18.7. The van der Waals surface area contributed by atoms with Crippen molar-refractivity contribution in [2.45, 2.75) is 6.92 Å². The van der Waals surface area contributed by atoms with E-state index in [2.05, 4.69) is 21.3 Å². The molecule has 2 aromatic carbocycles. The predicted molar refractivity (Wildman–Crippen MR) is 127 cm³/mol. The minimum atomic E-state index is -0.0288. The number of aryl methyl sites for hydroxylation is 1. The van der Waals surface area contributed by atoms with Gasteiger partial charge in [-0.25, -0.2) is 4.98 Å². The van der Waals surface area contributed by atoms with E-state index in [1.807, 2.05) is 53.1 Å². The van der Waals surface area contributed by atoms with E-state index < -0.39 is 0 Å². The summed E-state index contributed by atoms with van der Waals surface area (Å²) in [6.07, 6.45) is 1.68. The summed E-state index contributed by atoms with van der Waals surface area (Å²) in [5.41, 5.74) is 3.87. The second-order valence-electron chi connectivity index (χ2n) is 8.07. The molecule has 1 fully saturated rings. The van der Waals surface area contributed by atoms with Crippen molar-refractivity contribution in [3.05, 3.63) is 83.6 Å². The normalized spacial score (nSPS) is 13.5. The Bertz CT molecular complexity index is 1360. The van der Waals surface area contributed by atoms with Crippen LogP contribution in [-0.2, 0) is 0 Å². The van der Waals surface area contributed by atoms with Crippen LogP contribution < -0.4 is 4.90 Å². The average molecular weight is 451 g/mol. The first kappa shape index (κ1) is 21.3. The number of carbonyl (C=O) groups is 1. The Hall–Kier alpha value is -4.51. The van der Waals surface area contributed by atoms with Gasteiger partial charge >= 0.3 is 0 Å². The Balaban J connectivity index is 1.25. The Kier molecular flexibility index (Phi) is 5.75. The molecule has 0 spiro atoms. The van der Waals surface area contributed by atoms with Gasteiger partial charge in [-0.1, -0.05) is 18.2 Å². The van der Waals surface area contributed by atoms with Crippen LogP contribution in [0.4, 0.5) is 5.82 Å². The van der Waals surface area contributed by atoms with Gasteiger partial charge in [0.05, 0.1) is 5.56 Å². The van der Waals surface area contributed by atoms with Crippen LogP contribution >= 0.6 is 0 Å². The lowest BCUT2D eigenvalue weighted by Gasteiger charge is -2.35. The summed E-state index contributed by atoms with van der Waals surface area (Å²) in [7, 11) is 0. The molecule has 0 bridgehead atoms. The highest BCUT2D eigenvalue weighted by molar-refractivity contribution is 5.94. The summed E-state index contributed by atoms with van der Waals surface area (Å²) in [6.45, 7) is 4.37. The number of rotatable bonds is 4. The van der Waals surface area contributed by atoms with E-state index in [1.165, 1.54) is 0 Å². The molecule has 0 atom stereocenters. The van der Waals surface area contributed by atoms with Crippen LogP contribution in [0.25, 0.3) is 22.9 Å². The van der Waals surface area contributed by atoms with Crippen molar-refractivity contribution < 1.29 is 9.21 Å². The maximum absolute atomic E-state index is 13.0. The van der Waals surface area contributed by atoms with Crippen LogP contribution in [0.3, 0.4) is 0 Å². The number of pyridine rings is 1. The highest BCUT2D eigenvalue weighted by atomic mass is 16.4. The predicted octanol–water partition coefficient (Wildman–Crippen LogP) is 3.94. The second-order valence-corrected chi connectivity index (χ2v) is 8.07. The van der Waals surface area contributed by atoms with Gasteiger partial charge in [-0.15, -0.1) is 10.2 Å². The lowest BCUT2D eigenvalue weighted by molar-refractivity contribution is 0.0746. The minimum absolute atomic E-state index is 0.0288. The number of hydrogen-bond donors (Lipinski definition) is 0. The van der Waals surface area contributed by atoms with Crippen molar-refractivity contribution in [2.75, 3.05) is 31.1 Å². The summed E-state index contributed by atoms with van der Waals surface area (Å²) in [6, 6.07) is 20.8. The molecule has 1 saturated heterocycles. The van der Waals surface area contributed by atoms with E-state index in [-0.39, 0.29) is 5.91 Å². The number of piperazine rings is 1. The third kappa shape index (κ3) is 4.11. The van der Waals surface area contributed by atoms with Gasteiger partial charge in [-0.2, -0.15) is 5.26 Å². The van der Waals surface area contributed by atoms with Crippen LogP contribution in [0.1, 0.15) is 21.5 Å². The smallest absolute Gasteiger partial charge is 0.253 e. The van der Waals surface area contributed by atoms with E-state index >= 15 is 0 Å². The molecule has 0 unspecified atom stereocenters. The van der Waals surface area contributed by atoms with Crippen molar-refractivity contribution >= 4 is 11.7 Å². The summed E-state index contributed by atoms with van der Waals surface area (Å²) in [5, 5.41) is 17.7. The quantitative estimate of drug-likeness (QED) is 0.464. The maximum atomic E-state index is 13.0. The van der Waals surface area contributed by atoms with Crippen LogP contribution in [0.5, 0.6) is 0 Å². The van der Waals surface area contributed by atoms with Crippen LogP contribution in [0.15, 0.2) is 71.3 Å². The fourth-order valence-electron chi connectivity index (χ4n) is 4.06. The third-order valence-electron chi connectivity index (χ3n) is 5.95. The first-order chi connectivity index (χ1) is 16.6. The monoisotopic (exact) mass is 450 g/mol. The van der Waals surface area contributed by atoms with E-state index in [0.29, 0.717) is 54.9 Å². The van der Waals surface area contributed by atoms with Crippen molar-refractivity contribution in [2.24, 2.45) is 0 Å². The molecule has 1 aliphatic heterocycles. The number of amides is 1. The molecule has 0 saturated carbocycles. The maximum Gasteiger partial charge on any atom is 0.253 e. The van der Waals surface area contributed by atoms with Gasteiger partial charge < -0.3 is 14.2 Å². The van der Waals surface area contributed by atoms with Crippen molar-refractivity contribution in [3.8, 4) is 29.0 Å². The summed E-state index contributed by atoms with van der Waals surface area (Å²) in [4.78, 5) is 21.2. The van der Waals surface area contributed by atoms with Crippen molar-refractivity contribution in [1.29, 1.82) is 5.26 Å². The van der Waals surface area contributed by atoms with Gasteiger partial charge in [0, 0.05) is 49.1 Å². The van der Waals surface area contributed by atoms with Crippen LogP contribution in [0, 0.1) is 18.3 Å². The van der Waals surface area contributed by atoms with Crippen LogP contribution in [0.2, 0.25) is 0 Å². The molecule has 5 rings (SSSR count). The fraction of sp³-hybridized carbons (Fsp3) is 0.192. The molecule has 0 N–H and O–H groups in total. The number of hydrogen-bond acceptors (Lipinski definition) is 7. The van der Waals surface area contributed by atoms with Crippen molar-refractivity contribution in [3.63, 3.8) is 0 Å². The van der Waals surface area contributed by atoms with Gasteiger partial charge in [0.25, 0.3) is 5.91 Å². The van der Waals surface area contributed by atoms with Crippen molar-refractivity contribution in [1.82, 2.24) is 20.1 Å². The van der Waals surface area contributed by atoms with Gasteiger partial charge in [0.1, 0.15) is 11.9 Å². The molecule has 2 aromatic heterocycles. The fourth-order valence-corrected chi connectivity index (χ4v) is 4.06. The molecule has 1 amide bonds. The lowest BCUT2D eigenvalue weighted by atomic mass is 10.1. The molecule has 168 valence electrons. The molecule has 8 nitrogen and oxygen atoms in total. The molecule has 34 heavy (non-hydrogen) atoms. The molecule has 0 radical (unpaired) electrons. The van der Waals surface area contributed by atoms with Gasteiger partial charge in [0.15, 0.2) is 0 Å². The highest BCUT2D eigenvalue weighted by Gasteiger charge is 2.24. The largest absolute Gasteiger partial charge is 0.416 e. The van der Waals surface area contributed by atoms with E-state index in [4.69, 9.17) is 4.42 Å². The Morgan fingerprint density at radius 3 is 2.41 bits per heavy atom. The standard InChI is InChI=1S/C26H22N6O2/c1-18-5-2-3-7-22(18)25-30-29-24(34-25)19-8-10-20(11-9-19)26(33)32-15-13-31(14-16-32)23-21(17-27)6-4-12-28-23/h2-12H,13-16H2,1H3. The second kappa shape index (κ2) is 9.16. The summed E-state index contributed by atoms with van der Waals surface area (Å²) < 4.78 is 5.87. The molecule has 4 aromatic rings. The number of anilines is 1. The zero-order chi connectivity index (χ0) is 23.5. The van der Waals surface area contributed by atoms with E-state index in [1.54, 1.807) is 30.5 Å². The van der Waals surface area contributed by atoms with Gasteiger partial charge in [-0.05, 0) is 55.0 Å². The average Bonchev–Trinajstić information content (AvgIpc) is 3.39.